The lowest BCUT2D eigenvalue weighted by Crippen LogP contribution is -2.15. The molecule has 1 aromatic carbocycles. The molecule has 2 nitrogen and oxygen atoms in total. The number of rotatable bonds is 2. The van der Waals surface area contributed by atoms with Crippen molar-refractivity contribution in [3.63, 3.8) is 0 Å². The predicted octanol–water partition coefficient (Wildman–Crippen LogP) is 2.75. The molecule has 0 aliphatic carbocycles. The van der Waals surface area contributed by atoms with E-state index in [4.69, 9.17) is 21.1 Å². The Morgan fingerprint density at radius 2 is 2.00 bits per heavy atom. The second-order valence-electron chi connectivity index (χ2n) is 3.17. The van der Waals surface area contributed by atoms with Gasteiger partial charge in [-0.05, 0) is 17.7 Å². The summed E-state index contributed by atoms with van der Waals surface area (Å²) in [6, 6.07) is 5.83. The van der Waals surface area contributed by atoms with Crippen LogP contribution >= 0.6 is 11.6 Å². The molecule has 14 heavy (non-hydrogen) atoms. The van der Waals surface area contributed by atoms with Crippen LogP contribution in [0.15, 0.2) is 29.8 Å². The number of hydrogen-bond acceptors (Lipinski definition) is 2. The highest BCUT2D eigenvalue weighted by Crippen LogP contribution is 2.31. The van der Waals surface area contributed by atoms with Crippen LogP contribution in [0.25, 0.3) is 0 Å². The summed E-state index contributed by atoms with van der Waals surface area (Å²) >= 11 is 5.73. The highest BCUT2D eigenvalue weighted by Gasteiger charge is 2.11. The summed E-state index contributed by atoms with van der Waals surface area (Å²) in [5.41, 5.74) is 1.09. The number of benzene rings is 1. The first kappa shape index (κ1) is 9.41. The molecule has 0 radical (unpaired) electrons. The summed E-state index contributed by atoms with van der Waals surface area (Å²) in [4.78, 5) is 0. The molecule has 0 unspecified atom stereocenters. The van der Waals surface area contributed by atoms with Crippen molar-refractivity contribution in [3.8, 4) is 11.5 Å². The van der Waals surface area contributed by atoms with Crippen molar-refractivity contribution in [1.29, 1.82) is 0 Å². The molecule has 1 heterocycles. The SMILES string of the molecule is C=C(Cl)Cc1ccc2c(c1)OCCO2. The summed E-state index contributed by atoms with van der Waals surface area (Å²) in [7, 11) is 0. The van der Waals surface area contributed by atoms with E-state index < -0.39 is 0 Å². The Hall–Kier alpha value is -1.15. The maximum atomic E-state index is 5.73. The van der Waals surface area contributed by atoms with Gasteiger partial charge in [-0.15, -0.1) is 0 Å². The van der Waals surface area contributed by atoms with Crippen LogP contribution in [0.3, 0.4) is 0 Å². The van der Waals surface area contributed by atoms with Crippen LogP contribution in [-0.2, 0) is 6.42 Å². The lowest BCUT2D eigenvalue weighted by molar-refractivity contribution is 0.171. The maximum absolute atomic E-state index is 5.73. The summed E-state index contributed by atoms with van der Waals surface area (Å²) < 4.78 is 10.9. The van der Waals surface area contributed by atoms with Gasteiger partial charge in [0, 0.05) is 11.5 Å². The average Bonchev–Trinajstić information content (AvgIpc) is 2.17. The Kier molecular flexibility index (Phi) is 2.64. The van der Waals surface area contributed by atoms with Gasteiger partial charge >= 0.3 is 0 Å². The van der Waals surface area contributed by atoms with Crippen molar-refractivity contribution in [2.24, 2.45) is 0 Å². The molecule has 1 aliphatic heterocycles. The zero-order valence-corrected chi connectivity index (χ0v) is 8.51. The monoisotopic (exact) mass is 210 g/mol. The molecule has 74 valence electrons. The van der Waals surface area contributed by atoms with Gasteiger partial charge in [-0.25, -0.2) is 0 Å². The lowest BCUT2D eigenvalue weighted by Gasteiger charge is -2.18. The van der Waals surface area contributed by atoms with Crippen molar-refractivity contribution in [1.82, 2.24) is 0 Å². The highest BCUT2D eigenvalue weighted by atomic mass is 35.5. The topological polar surface area (TPSA) is 18.5 Å². The van der Waals surface area contributed by atoms with Gasteiger partial charge in [0.2, 0.25) is 0 Å². The minimum absolute atomic E-state index is 0.609. The highest BCUT2D eigenvalue weighted by molar-refractivity contribution is 6.29. The first-order valence-corrected chi connectivity index (χ1v) is 4.85. The second kappa shape index (κ2) is 3.93. The standard InChI is InChI=1S/C11H11ClO2/c1-8(12)6-9-2-3-10-11(7-9)14-5-4-13-10/h2-3,7H,1,4-6H2. The molecule has 1 aliphatic rings. The van der Waals surface area contributed by atoms with Crippen LogP contribution in [0.5, 0.6) is 11.5 Å². The number of fused-ring (bicyclic) bond motifs is 1. The van der Waals surface area contributed by atoms with E-state index in [2.05, 4.69) is 6.58 Å². The number of allylic oxidation sites excluding steroid dienone is 1. The van der Waals surface area contributed by atoms with Gasteiger partial charge in [-0.3, -0.25) is 0 Å². The molecule has 1 aromatic rings. The molecule has 0 saturated carbocycles. The third-order valence-corrected chi connectivity index (χ3v) is 2.14. The first-order valence-electron chi connectivity index (χ1n) is 4.47. The molecule has 0 spiro atoms. The van der Waals surface area contributed by atoms with Crippen molar-refractivity contribution >= 4 is 11.6 Å². The van der Waals surface area contributed by atoms with E-state index in [1.165, 1.54) is 0 Å². The third-order valence-electron chi connectivity index (χ3n) is 2.00. The molecule has 0 amide bonds. The van der Waals surface area contributed by atoms with Gasteiger partial charge in [0.05, 0.1) is 0 Å². The Morgan fingerprint density at radius 1 is 1.29 bits per heavy atom. The van der Waals surface area contributed by atoms with Crippen molar-refractivity contribution < 1.29 is 9.47 Å². The number of ether oxygens (including phenoxy) is 2. The van der Waals surface area contributed by atoms with Crippen molar-refractivity contribution in [2.45, 2.75) is 6.42 Å². The molecular formula is C11H11ClO2. The number of halogens is 1. The van der Waals surface area contributed by atoms with E-state index in [1.807, 2.05) is 18.2 Å². The first-order chi connectivity index (χ1) is 6.75. The van der Waals surface area contributed by atoms with Crippen LogP contribution in [0.4, 0.5) is 0 Å². The minimum Gasteiger partial charge on any atom is -0.486 e. The van der Waals surface area contributed by atoms with Crippen LogP contribution in [0.1, 0.15) is 5.56 Å². The molecule has 0 aromatic heterocycles. The van der Waals surface area contributed by atoms with Gasteiger partial charge in [0.25, 0.3) is 0 Å². The van der Waals surface area contributed by atoms with Gasteiger partial charge in [-0.2, -0.15) is 0 Å². The van der Waals surface area contributed by atoms with Crippen molar-refractivity contribution in [3.05, 3.63) is 35.4 Å². The smallest absolute Gasteiger partial charge is 0.161 e. The molecule has 2 rings (SSSR count). The molecule has 3 heteroatoms. The fourth-order valence-corrected chi connectivity index (χ4v) is 1.57. The van der Waals surface area contributed by atoms with Gasteiger partial charge in [0.15, 0.2) is 11.5 Å². The second-order valence-corrected chi connectivity index (χ2v) is 3.71. The summed E-state index contributed by atoms with van der Waals surface area (Å²) in [5.74, 6) is 1.60. The molecule has 0 N–H and O–H groups in total. The van der Waals surface area contributed by atoms with Gasteiger partial charge in [-0.1, -0.05) is 24.2 Å². The average molecular weight is 211 g/mol. The van der Waals surface area contributed by atoms with E-state index in [1.54, 1.807) is 0 Å². The quantitative estimate of drug-likeness (QED) is 0.748. The zero-order chi connectivity index (χ0) is 9.97. The summed E-state index contributed by atoms with van der Waals surface area (Å²) in [6.45, 7) is 4.88. The maximum Gasteiger partial charge on any atom is 0.161 e. The normalized spacial score (nSPS) is 13.8. The Balaban J connectivity index is 2.24. The molecule has 0 saturated heterocycles. The molecule has 0 atom stereocenters. The van der Waals surface area contributed by atoms with E-state index >= 15 is 0 Å². The largest absolute Gasteiger partial charge is 0.486 e. The fraction of sp³-hybridized carbons (Fsp3) is 0.273. The van der Waals surface area contributed by atoms with Gasteiger partial charge in [0.1, 0.15) is 13.2 Å². The zero-order valence-electron chi connectivity index (χ0n) is 7.75. The Labute approximate surface area is 88.1 Å². The predicted molar refractivity (Wildman–Crippen MR) is 56.1 cm³/mol. The molecule has 0 fully saturated rings. The van der Waals surface area contributed by atoms with Crippen molar-refractivity contribution in [2.75, 3.05) is 13.2 Å². The number of hydrogen-bond donors (Lipinski definition) is 0. The van der Waals surface area contributed by atoms with E-state index in [0.717, 1.165) is 17.1 Å². The molecular weight excluding hydrogens is 200 g/mol. The van der Waals surface area contributed by atoms with Crippen LogP contribution in [0, 0.1) is 0 Å². The minimum atomic E-state index is 0.609. The Bertz CT molecular complexity index is 360. The van der Waals surface area contributed by atoms with E-state index in [-0.39, 0.29) is 0 Å². The summed E-state index contributed by atoms with van der Waals surface area (Å²) in [6.07, 6.45) is 0.665. The van der Waals surface area contributed by atoms with Gasteiger partial charge < -0.3 is 9.47 Å². The van der Waals surface area contributed by atoms with E-state index in [9.17, 15) is 0 Å². The Morgan fingerprint density at radius 3 is 2.71 bits per heavy atom. The van der Waals surface area contributed by atoms with Crippen LogP contribution in [-0.4, -0.2) is 13.2 Å². The lowest BCUT2D eigenvalue weighted by atomic mass is 10.1. The van der Waals surface area contributed by atoms with Crippen LogP contribution < -0.4 is 9.47 Å². The summed E-state index contributed by atoms with van der Waals surface area (Å²) in [5, 5.41) is 0.627. The van der Waals surface area contributed by atoms with E-state index in [0.29, 0.717) is 24.7 Å². The molecule has 0 bridgehead atoms. The van der Waals surface area contributed by atoms with Crippen LogP contribution in [0.2, 0.25) is 0 Å². The third kappa shape index (κ3) is 2.02. The fourth-order valence-electron chi connectivity index (χ4n) is 1.42.